The monoisotopic (exact) mass is 297 g/mol. The van der Waals surface area contributed by atoms with Crippen LogP contribution in [0.5, 0.6) is 5.75 Å². The molecule has 0 spiro atoms. The van der Waals surface area contributed by atoms with E-state index in [1.165, 1.54) is 18.2 Å². The van der Waals surface area contributed by atoms with Crippen molar-refractivity contribution >= 4 is 17.3 Å². The number of halogens is 1. The van der Waals surface area contributed by atoms with Gasteiger partial charge in [-0.1, -0.05) is 30.6 Å². The molecule has 8 heteroatoms. The lowest BCUT2D eigenvalue weighted by Gasteiger charge is -2.03. The van der Waals surface area contributed by atoms with Crippen LogP contribution in [-0.4, -0.2) is 15.1 Å². The number of rotatable bonds is 5. The molecule has 0 saturated carbocycles. The van der Waals surface area contributed by atoms with Gasteiger partial charge in [-0.2, -0.15) is 4.98 Å². The summed E-state index contributed by atoms with van der Waals surface area (Å²) < 4.78 is 10.4. The van der Waals surface area contributed by atoms with E-state index in [0.717, 1.165) is 0 Å². The SMILES string of the molecule is CC(C)c1nc(COc2ccc([N+](=O)[O-])c(Cl)c2)no1. The summed E-state index contributed by atoms with van der Waals surface area (Å²) in [7, 11) is 0. The highest BCUT2D eigenvalue weighted by Gasteiger charge is 2.14. The lowest BCUT2D eigenvalue weighted by molar-refractivity contribution is -0.384. The molecule has 106 valence electrons. The lowest BCUT2D eigenvalue weighted by atomic mass is 10.2. The van der Waals surface area contributed by atoms with Crippen LogP contribution in [0, 0.1) is 10.1 Å². The zero-order valence-corrected chi connectivity index (χ0v) is 11.6. The van der Waals surface area contributed by atoms with Gasteiger partial charge in [0.05, 0.1) is 4.92 Å². The van der Waals surface area contributed by atoms with E-state index in [9.17, 15) is 10.1 Å². The minimum absolute atomic E-state index is 0.0171. The first-order valence-electron chi connectivity index (χ1n) is 5.86. The molecule has 0 radical (unpaired) electrons. The smallest absolute Gasteiger partial charge is 0.288 e. The fraction of sp³-hybridized carbons (Fsp3) is 0.333. The van der Waals surface area contributed by atoms with Crippen LogP contribution in [0.2, 0.25) is 5.02 Å². The van der Waals surface area contributed by atoms with Crippen LogP contribution in [-0.2, 0) is 6.61 Å². The summed E-state index contributed by atoms with van der Waals surface area (Å²) in [6.45, 7) is 3.98. The minimum Gasteiger partial charge on any atom is -0.485 e. The summed E-state index contributed by atoms with van der Waals surface area (Å²) in [6.07, 6.45) is 0. The lowest BCUT2D eigenvalue weighted by Crippen LogP contribution is -1.98. The van der Waals surface area contributed by atoms with Crippen molar-refractivity contribution in [2.45, 2.75) is 26.4 Å². The first-order valence-corrected chi connectivity index (χ1v) is 6.24. The highest BCUT2D eigenvalue weighted by atomic mass is 35.5. The van der Waals surface area contributed by atoms with Crippen LogP contribution < -0.4 is 4.74 Å². The molecule has 0 aliphatic carbocycles. The van der Waals surface area contributed by atoms with Gasteiger partial charge in [0.2, 0.25) is 11.7 Å². The van der Waals surface area contributed by atoms with Crippen LogP contribution >= 0.6 is 11.6 Å². The molecule has 2 rings (SSSR count). The molecule has 0 unspecified atom stereocenters. The normalized spacial score (nSPS) is 10.8. The predicted octanol–water partition coefficient (Wildman–Crippen LogP) is 3.33. The molecule has 0 fully saturated rings. The molecular formula is C12H12ClN3O4. The highest BCUT2D eigenvalue weighted by molar-refractivity contribution is 6.32. The fourth-order valence-electron chi connectivity index (χ4n) is 1.43. The molecule has 1 heterocycles. The van der Waals surface area contributed by atoms with Crippen molar-refractivity contribution in [2.24, 2.45) is 0 Å². The zero-order chi connectivity index (χ0) is 14.7. The molecule has 2 aromatic rings. The van der Waals surface area contributed by atoms with Crippen LogP contribution in [0.15, 0.2) is 22.7 Å². The van der Waals surface area contributed by atoms with E-state index in [4.69, 9.17) is 20.9 Å². The number of hydrogen-bond donors (Lipinski definition) is 0. The average Bonchev–Trinajstić information content (AvgIpc) is 2.85. The van der Waals surface area contributed by atoms with Gasteiger partial charge in [-0.05, 0) is 6.07 Å². The molecule has 1 aromatic carbocycles. The molecule has 1 aromatic heterocycles. The molecule has 0 aliphatic rings. The first-order chi connectivity index (χ1) is 9.47. The summed E-state index contributed by atoms with van der Waals surface area (Å²) in [5.74, 6) is 1.48. The van der Waals surface area contributed by atoms with Gasteiger partial charge in [0.25, 0.3) is 5.69 Å². The van der Waals surface area contributed by atoms with Crippen molar-refractivity contribution in [3.05, 3.63) is 45.1 Å². The number of nitrogens with zero attached hydrogens (tertiary/aromatic N) is 3. The number of benzene rings is 1. The zero-order valence-electron chi connectivity index (χ0n) is 10.9. The van der Waals surface area contributed by atoms with Gasteiger partial charge in [0.1, 0.15) is 10.8 Å². The fourth-order valence-corrected chi connectivity index (χ4v) is 1.67. The third kappa shape index (κ3) is 3.24. The van der Waals surface area contributed by atoms with E-state index in [-0.39, 0.29) is 23.2 Å². The van der Waals surface area contributed by atoms with Gasteiger partial charge in [-0.3, -0.25) is 10.1 Å². The molecular weight excluding hydrogens is 286 g/mol. The Bertz CT molecular complexity index is 627. The van der Waals surface area contributed by atoms with Crippen LogP contribution in [0.25, 0.3) is 0 Å². The Hall–Kier alpha value is -2.15. The molecule has 0 atom stereocenters. The van der Waals surface area contributed by atoms with Crippen LogP contribution in [0.4, 0.5) is 5.69 Å². The Balaban J connectivity index is 2.03. The number of nitro benzene ring substituents is 1. The van der Waals surface area contributed by atoms with Crippen LogP contribution in [0.3, 0.4) is 0 Å². The molecule has 7 nitrogen and oxygen atoms in total. The Kier molecular flexibility index (Phi) is 4.19. The molecule has 0 aliphatic heterocycles. The topological polar surface area (TPSA) is 91.3 Å². The standard InChI is InChI=1S/C12H12ClN3O4/c1-7(2)12-14-11(15-20-12)6-19-8-3-4-10(16(17)18)9(13)5-8/h3-5,7H,6H2,1-2H3. The van der Waals surface area contributed by atoms with Crippen molar-refractivity contribution < 1.29 is 14.2 Å². The maximum Gasteiger partial charge on any atom is 0.288 e. The third-order valence-electron chi connectivity index (χ3n) is 2.46. The Morgan fingerprint density at radius 2 is 2.25 bits per heavy atom. The largest absolute Gasteiger partial charge is 0.485 e. The number of aromatic nitrogens is 2. The first kappa shape index (κ1) is 14.3. The van der Waals surface area contributed by atoms with E-state index >= 15 is 0 Å². The van der Waals surface area contributed by atoms with E-state index < -0.39 is 4.92 Å². The maximum absolute atomic E-state index is 10.6. The van der Waals surface area contributed by atoms with Gasteiger partial charge in [-0.15, -0.1) is 0 Å². The van der Waals surface area contributed by atoms with E-state index in [2.05, 4.69) is 10.1 Å². The summed E-state index contributed by atoms with van der Waals surface area (Å²) in [6, 6.07) is 4.13. The predicted molar refractivity (Wildman–Crippen MR) is 70.8 cm³/mol. The molecule has 0 saturated heterocycles. The number of hydrogen-bond acceptors (Lipinski definition) is 6. The van der Waals surface area contributed by atoms with Gasteiger partial charge >= 0.3 is 0 Å². The highest BCUT2D eigenvalue weighted by Crippen LogP contribution is 2.28. The third-order valence-corrected chi connectivity index (χ3v) is 2.76. The second-order valence-corrected chi connectivity index (χ2v) is 4.77. The van der Waals surface area contributed by atoms with Gasteiger partial charge in [-0.25, -0.2) is 0 Å². The summed E-state index contributed by atoms with van der Waals surface area (Å²) in [4.78, 5) is 14.2. The maximum atomic E-state index is 10.6. The van der Waals surface area contributed by atoms with Crippen molar-refractivity contribution in [3.8, 4) is 5.75 Å². The number of ether oxygens (including phenoxy) is 1. The molecule has 0 bridgehead atoms. The van der Waals surface area contributed by atoms with Crippen molar-refractivity contribution in [2.75, 3.05) is 0 Å². The Labute approximate surface area is 119 Å². The molecule has 0 amide bonds. The van der Waals surface area contributed by atoms with E-state index in [1.54, 1.807) is 0 Å². The average molecular weight is 298 g/mol. The Morgan fingerprint density at radius 1 is 1.50 bits per heavy atom. The van der Waals surface area contributed by atoms with Gasteiger partial charge in [0.15, 0.2) is 6.61 Å². The van der Waals surface area contributed by atoms with Crippen molar-refractivity contribution in [1.29, 1.82) is 0 Å². The molecule has 20 heavy (non-hydrogen) atoms. The van der Waals surface area contributed by atoms with Gasteiger partial charge < -0.3 is 9.26 Å². The van der Waals surface area contributed by atoms with Crippen molar-refractivity contribution in [3.63, 3.8) is 0 Å². The Morgan fingerprint density at radius 3 is 2.80 bits per heavy atom. The minimum atomic E-state index is -0.555. The van der Waals surface area contributed by atoms with E-state index in [1.807, 2.05) is 13.8 Å². The summed E-state index contributed by atoms with van der Waals surface area (Å²) in [5.41, 5.74) is -0.166. The summed E-state index contributed by atoms with van der Waals surface area (Å²) >= 11 is 5.78. The summed E-state index contributed by atoms with van der Waals surface area (Å²) in [5, 5.41) is 14.4. The quantitative estimate of drug-likeness (QED) is 0.621. The van der Waals surface area contributed by atoms with E-state index in [0.29, 0.717) is 17.5 Å². The van der Waals surface area contributed by atoms with Crippen molar-refractivity contribution in [1.82, 2.24) is 10.1 Å². The second kappa shape index (κ2) is 5.87. The second-order valence-electron chi connectivity index (χ2n) is 4.36. The molecule has 0 N–H and O–H groups in total. The van der Waals surface area contributed by atoms with Crippen LogP contribution in [0.1, 0.15) is 31.5 Å². The van der Waals surface area contributed by atoms with Gasteiger partial charge in [0, 0.05) is 18.1 Å². The number of nitro groups is 1.